The van der Waals surface area contributed by atoms with Crippen molar-refractivity contribution in [3.8, 4) is 11.4 Å². The fourth-order valence-electron chi connectivity index (χ4n) is 2.89. The number of aryl methyl sites for hydroxylation is 3. The van der Waals surface area contributed by atoms with E-state index in [4.69, 9.17) is 0 Å². The summed E-state index contributed by atoms with van der Waals surface area (Å²) >= 11 is 0. The average Bonchev–Trinajstić information content (AvgIpc) is 3.02. The molecule has 0 unspecified atom stereocenters. The standard InChI is InChI=1S/C17H16N4/c1-11-5-4-8-21-17(11)18-16(19-21)13-6-7-15-14(9-13)12(2)10-20(15)3/h4-10H,1-3H3. The molecule has 4 nitrogen and oxygen atoms in total. The van der Waals surface area contributed by atoms with Gasteiger partial charge in [0.25, 0.3) is 0 Å². The van der Waals surface area contributed by atoms with Gasteiger partial charge >= 0.3 is 0 Å². The van der Waals surface area contributed by atoms with Crippen molar-refractivity contribution in [3.63, 3.8) is 0 Å². The summed E-state index contributed by atoms with van der Waals surface area (Å²) in [5.41, 5.74) is 5.61. The summed E-state index contributed by atoms with van der Waals surface area (Å²) in [7, 11) is 2.07. The Morgan fingerprint density at radius 1 is 1.05 bits per heavy atom. The lowest BCUT2D eigenvalue weighted by molar-refractivity contribution is 0.959. The molecule has 4 heteroatoms. The highest BCUT2D eigenvalue weighted by molar-refractivity contribution is 5.87. The lowest BCUT2D eigenvalue weighted by Gasteiger charge is -1.99. The maximum atomic E-state index is 4.67. The third-order valence-corrected chi connectivity index (χ3v) is 4.00. The van der Waals surface area contributed by atoms with Crippen LogP contribution in [0.3, 0.4) is 0 Å². The van der Waals surface area contributed by atoms with E-state index in [1.54, 1.807) is 0 Å². The Hall–Kier alpha value is -2.62. The molecule has 104 valence electrons. The van der Waals surface area contributed by atoms with Crippen LogP contribution < -0.4 is 0 Å². The first-order chi connectivity index (χ1) is 10.1. The van der Waals surface area contributed by atoms with Crippen LogP contribution in [0.4, 0.5) is 0 Å². The van der Waals surface area contributed by atoms with Crippen LogP contribution in [-0.4, -0.2) is 19.2 Å². The number of benzene rings is 1. The van der Waals surface area contributed by atoms with Crippen LogP contribution in [-0.2, 0) is 7.05 Å². The van der Waals surface area contributed by atoms with Gasteiger partial charge in [0.1, 0.15) is 0 Å². The molecule has 3 heterocycles. The maximum absolute atomic E-state index is 4.67. The van der Waals surface area contributed by atoms with E-state index in [0.717, 1.165) is 22.6 Å². The second kappa shape index (κ2) is 4.19. The Labute approximate surface area is 122 Å². The third kappa shape index (κ3) is 1.76. The minimum Gasteiger partial charge on any atom is -0.350 e. The van der Waals surface area contributed by atoms with Crippen molar-refractivity contribution in [1.29, 1.82) is 0 Å². The second-order valence-electron chi connectivity index (χ2n) is 5.55. The summed E-state index contributed by atoms with van der Waals surface area (Å²) < 4.78 is 3.99. The van der Waals surface area contributed by atoms with Crippen molar-refractivity contribution in [2.75, 3.05) is 0 Å². The number of nitrogens with zero attached hydrogens (tertiary/aromatic N) is 4. The minimum atomic E-state index is 0.773. The number of rotatable bonds is 1. The van der Waals surface area contributed by atoms with E-state index in [2.05, 4.69) is 66.0 Å². The van der Waals surface area contributed by atoms with E-state index in [1.807, 2.05) is 16.8 Å². The van der Waals surface area contributed by atoms with Crippen LogP contribution in [0, 0.1) is 13.8 Å². The van der Waals surface area contributed by atoms with Crippen LogP contribution >= 0.6 is 0 Å². The fourth-order valence-corrected chi connectivity index (χ4v) is 2.89. The fraction of sp³-hybridized carbons (Fsp3) is 0.176. The van der Waals surface area contributed by atoms with Gasteiger partial charge in [-0.2, -0.15) is 0 Å². The van der Waals surface area contributed by atoms with Gasteiger partial charge in [0.15, 0.2) is 11.5 Å². The van der Waals surface area contributed by atoms with Crippen molar-refractivity contribution in [2.24, 2.45) is 7.05 Å². The summed E-state index contributed by atoms with van der Waals surface area (Å²) in [6.45, 7) is 4.19. The van der Waals surface area contributed by atoms with E-state index >= 15 is 0 Å². The van der Waals surface area contributed by atoms with E-state index < -0.39 is 0 Å². The van der Waals surface area contributed by atoms with Gasteiger partial charge in [-0.1, -0.05) is 6.07 Å². The number of hydrogen-bond acceptors (Lipinski definition) is 2. The molecule has 3 aromatic heterocycles. The highest BCUT2D eigenvalue weighted by atomic mass is 15.3. The molecular weight excluding hydrogens is 260 g/mol. The zero-order valence-electron chi connectivity index (χ0n) is 12.3. The van der Waals surface area contributed by atoms with Gasteiger partial charge in [-0.25, -0.2) is 9.50 Å². The lowest BCUT2D eigenvalue weighted by atomic mass is 10.1. The van der Waals surface area contributed by atoms with Crippen LogP contribution in [0.15, 0.2) is 42.7 Å². The smallest absolute Gasteiger partial charge is 0.182 e. The first-order valence-electron chi connectivity index (χ1n) is 7.01. The van der Waals surface area contributed by atoms with Crippen molar-refractivity contribution in [3.05, 3.63) is 53.9 Å². The topological polar surface area (TPSA) is 35.1 Å². The van der Waals surface area contributed by atoms with E-state index in [9.17, 15) is 0 Å². The van der Waals surface area contributed by atoms with Gasteiger partial charge in [-0.15, -0.1) is 5.10 Å². The first kappa shape index (κ1) is 12.1. The van der Waals surface area contributed by atoms with Gasteiger partial charge in [-0.05, 0) is 49.2 Å². The Morgan fingerprint density at radius 3 is 2.71 bits per heavy atom. The van der Waals surface area contributed by atoms with E-state index in [0.29, 0.717) is 0 Å². The van der Waals surface area contributed by atoms with Crippen LogP contribution in [0.1, 0.15) is 11.1 Å². The molecular formula is C17H16N4. The molecule has 0 amide bonds. The maximum Gasteiger partial charge on any atom is 0.182 e. The predicted molar refractivity (Wildman–Crippen MR) is 84.4 cm³/mol. The summed E-state index contributed by atoms with van der Waals surface area (Å²) in [6, 6.07) is 10.4. The molecule has 0 fully saturated rings. The summed E-state index contributed by atoms with van der Waals surface area (Å²) in [6.07, 6.45) is 4.08. The molecule has 4 rings (SSSR count). The highest BCUT2D eigenvalue weighted by Crippen LogP contribution is 2.26. The van der Waals surface area contributed by atoms with Crippen LogP contribution in [0.25, 0.3) is 27.9 Å². The highest BCUT2D eigenvalue weighted by Gasteiger charge is 2.10. The Balaban J connectivity index is 1.95. The molecule has 0 aliphatic heterocycles. The Morgan fingerprint density at radius 2 is 1.90 bits per heavy atom. The van der Waals surface area contributed by atoms with Crippen LogP contribution in [0.2, 0.25) is 0 Å². The molecule has 0 aliphatic rings. The number of pyridine rings is 1. The molecule has 0 radical (unpaired) electrons. The minimum absolute atomic E-state index is 0.773. The van der Waals surface area contributed by atoms with Crippen molar-refractivity contribution < 1.29 is 0 Å². The molecule has 21 heavy (non-hydrogen) atoms. The zero-order valence-corrected chi connectivity index (χ0v) is 12.3. The Kier molecular flexibility index (Phi) is 2.42. The molecule has 0 bridgehead atoms. The number of fused-ring (bicyclic) bond motifs is 2. The molecule has 0 saturated heterocycles. The van der Waals surface area contributed by atoms with Crippen molar-refractivity contribution >= 4 is 16.6 Å². The zero-order chi connectivity index (χ0) is 14.6. The molecule has 1 aromatic carbocycles. The molecule has 0 spiro atoms. The van der Waals surface area contributed by atoms with Gasteiger partial charge in [0, 0.05) is 35.9 Å². The largest absolute Gasteiger partial charge is 0.350 e. The number of aromatic nitrogens is 4. The van der Waals surface area contributed by atoms with E-state index in [-0.39, 0.29) is 0 Å². The van der Waals surface area contributed by atoms with Crippen molar-refractivity contribution in [1.82, 2.24) is 19.2 Å². The van der Waals surface area contributed by atoms with Crippen LogP contribution in [0.5, 0.6) is 0 Å². The normalized spacial score (nSPS) is 11.6. The summed E-state index contributed by atoms with van der Waals surface area (Å²) in [5, 5.41) is 5.84. The number of hydrogen-bond donors (Lipinski definition) is 0. The summed E-state index contributed by atoms with van der Waals surface area (Å²) in [4.78, 5) is 4.67. The monoisotopic (exact) mass is 276 g/mol. The molecule has 0 saturated carbocycles. The second-order valence-corrected chi connectivity index (χ2v) is 5.55. The molecule has 4 aromatic rings. The lowest BCUT2D eigenvalue weighted by Crippen LogP contribution is -1.88. The molecule has 0 aliphatic carbocycles. The van der Waals surface area contributed by atoms with Gasteiger partial charge in [-0.3, -0.25) is 0 Å². The van der Waals surface area contributed by atoms with Gasteiger partial charge in [0.2, 0.25) is 0 Å². The quantitative estimate of drug-likeness (QED) is 0.533. The average molecular weight is 276 g/mol. The van der Waals surface area contributed by atoms with E-state index in [1.165, 1.54) is 16.5 Å². The SMILES string of the molecule is Cc1cn(C)c2ccc(-c3nc4c(C)cccn4n3)cc12. The van der Waals surface area contributed by atoms with Crippen molar-refractivity contribution in [2.45, 2.75) is 13.8 Å². The van der Waals surface area contributed by atoms with Gasteiger partial charge < -0.3 is 4.57 Å². The third-order valence-electron chi connectivity index (χ3n) is 4.00. The predicted octanol–water partition coefficient (Wildman–Crippen LogP) is 3.50. The Bertz CT molecular complexity index is 975. The molecule has 0 N–H and O–H groups in total. The van der Waals surface area contributed by atoms with Gasteiger partial charge in [0.05, 0.1) is 0 Å². The first-order valence-corrected chi connectivity index (χ1v) is 7.01. The summed E-state index contributed by atoms with van der Waals surface area (Å²) in [5.74, 6) is 0.773. The molecule has 0 atom stereocenters.